The highest BCUT2D eigenvalue weighted by atomic mass is 79.9. The molecule has 2 nitrogen and oxygen atoms in total. The molecule has 1 rings (SSSR count). The van der Waals surface area contributed by atoms with Gasteiger partial charge < -0.3 is 4.74 Å². The normalized spacial score (nSPS) is 12.5. The summed E-state index contributed by atoms with van der Waals surface area (Å²) in [5, 5.41) is 0.483. The second-order valence-electron chi connectivity index (χ2n) is 3.65. The van der Waals surface area contributed by atoms with Crippen molar-refractivity contribution < 1.29 is 9.53 Å². The van der Waals surface area contributed by atoms with Gasteiger partial charge in [-0.25, -0.2) is 0 Å². The van der Waals surface area contributed by atoms with Gasteiger partial charge in [0.25, 0.3) is 0 Å². The van der Waals surface area contributed by atoms with Gasteiger partial charge in [0, 0.05) is 29.7 Å². The summed E-state index contributed by atoms with van der Waals surface area (Å²) in [6.07, 6.45) is 0.707. The summed E-state index contributed by atoms with van der Waals surface area (Å²) in [4.78, 5) is 12.1. The minimum absolute atomic E-state index is 0.0587. The van der Waals surface area contributed by atoms with Crippen LogP contribution in [0.4, 0.5) is 0 Å². The SMILES string of the molecule is COCCC(C)C(=O)c1cccc(Br)c1Cl. The van der Waals surface area contributed by atoms with Crippen molar-refractivity contribution in [3.63, 3.8) is 0 Å². The van der Waals surface area contributed by atoms with E-state index in [0.29, 0.717) is 23.6 Å². The maximum Gasteiger partial charge on any atom is 0.167 e. The average molecular weight is 306 g/mol. The smallest absolute Gasteiger partial charge is 0.167 e. The molecule has 88 valence electrons. The van der Waals surface area contributed by atoms with E-state index >= 15 is 0 Å². The van der Waals surface area contributed by atoms with Crippen molar-refractivity contribution in [2.24, 2.45) is 5.92 Å². The first-order valence-corrected chi connectivity index (χ1v) is 6.22. The Labute approximate surface area is 109 Å². The first-order chi connectivity index (χ1) is 7.57. The number of rotatable bonds is 5. The van der Waals surface area contributed by atoms with Crippen LogP contribution in [-0.4, -0.2) is 19.5 Å². The predicted molar refractivity (Wildman–Crippen MR) is 69.1 cm³/mol. The van der Waals surface area contributed by atoms with Crippen LogP contribution in [0.1, 0.15) is 23.7 Å². The summed E-state index contributed by atoms with van der Waals surface area (Å²) in [5.74, 6) is -0.0184. The molecule has 0 heterocycles. The number of carbonyl (C=O) groups is 1. The minimum atomic E-state index is -0.0771. The zero-order valence-electron chi connectivity index (χ0n) is 9.30. The van der Waals surface area contributed by atoms with Crippen LogP contribution < -0.4 is 0 Å². The molecule has 0 radical (unpaired) electrons. The van der Waals surface area contributed by atoms with Crippen molar-refractivity contribution in [3.8, 4) is 0 Å². The number of halogens is 2. The van der Waals surface area contributed by atoms with Crippen LogP contribution in [-0.2, 0) is 4.74 Å². The van der Waals surface area contributed by atoms with Crippen LogP contribution in [0, 0.1) is 5.92 Å². The molecular weight excluding hydrogens is 291 g/mol. The number of carbonyl (C=O) groups excluding carboxylic acids is 1. The van der Waals surface area contributed by atoms with Crippen LogP contribution >= 0.6 is 27.5 Å². The summed E-state index contributed by atoms with van der Waals surface area (Å²) in [7, 11) is 1.63. The molecule has 0 aliphatic rings. The summed E-state index contributed by atoms with van der Waals surface area (Å²) in [6, 6.07) is 5.38. The van der Waals surface area contributed by atoms with Crippen molar-refractivity contribution in [2.75, 3.05) is 13.7 Å². The standard InChI is InChI=1S/C12H14BrClO2/c1-8(6-7-16-2)12(15)9-4-3-5-10(13)11(9)14/h3-5,8H,6-7H2,1-2H3. The largest absolute Gasteiger partial charge is 0.385 e. The Bertz CT molecular complexity index is 379. The Morgan fingerprint density at radius 3 is 2.88 bits per heavy atom. The zero-order chi connectivity index (χ0) is 12.1. The van der Waals surface area contributed by atoms with Gasteiger partial charge in [-0.05, 0) is 34.5 Å². The number of hydrogen-bond donors (Lipinski definition) is 0. The summed E-state index contributed by atoms with van der Waals surface area (Å²) < 4.78 is 5.71. The van der Waals surface area contributed by atoms with E-state index in [1.165, 1.54) is 0 Å². The van der Waals surface area contributed by atoms with Gasteiger partial charge >= 0.3 is 0 Å². The van der Waals surface area contributed by atoms with E-state index in [-0.39, 0.29) is 11.7 Å². The van der Waals surface area contributed by atoms with Gasteiger partial charge in [0.15, 0.2) is 5.78 Å². The molecule has 16 heavy (non-hydrogen) atoms. The van der Waals surface area contributed by atoms with Crippen molar-refractivity contribution in [1.82, 2.24) is 0 Å². The number of ether oxygens (including phenoxy) is 1. The molecule has 1 atom stereocenters. The molecule has 4 heteroatoms. The Morgan fingerprint density at radius 1 is 1.56 bits per heavy atom. The predicted octanol–water partition coefficient (Wildman–Crippen LogP) is 3.96. The van der Waals surface area contributed by atoms with Crippen LogP contribution in [0.3, 0.4) is 0 Å². The van der Waals surface area contributed by atoms with E-state index in [9.17, 15) is 4.79 Å². The molecule has 0 aromatic heterocycles. The van der Waals surface area contributed by atoms with E-state index in [1.807, 2.05) is 19.1 Å². The van der Waals surface area contributed by atoms with Crippen molar-refractivity contribution in [2.45, 2.75) is 13.3 Å². The topological polar surface area (TPSA) is 26.3 Å². The van der Waals surface area contributed by atoms with Crippen LogP contribution in [0.15, 0.2) is 22.7 Å². The van der Waals surface area contributed by atoms with E-state index in [2.05, 4.69) is 15.9 Å². The fourth-order valence-corrected chi connectivity index (χ4v) is 1.97. The van der Waals surface area contributed by atoms with E-state index in [1.54, 1.807) is 13.2 Å². The van der Waals surface area contributed by atoms with Gasteiger partial charge in [-0.1, -0.05) is 24.6 Å². The summed E-state index contributed by atoms with van der Waals surface area (Å²) in [5.41, 5.74) is 0.569. The maximum absolute atomic E-state index is 12.1. The lowest BCUT2D eigenvalue weighted by Gasteiger charge is -2.11. The maximum atomic E-state index is 12.1. The van der Waals surface area contributed by atoms with E-state index in [4.69, 9.17) is 16.3 Å². The number of benzene rings is 1. The Hall–Kier alpha value is -0.380. The Balaban J connectivity index is 2.84. The number of ketones is 1. The summed E-state index contributed by atoms with van der Waals surface area (Å²) in [6.45, 7) is 2.47. The van der Waals surface area contributed by atoms with Crippen molar-refractivity contribution in [3.05, 3.63) is 33.3 Å². The van der Waals surface area contributed by atoms with Crippen LogP contribution in [0.25, 0.3) is 0 Å². The van der Waals surface area contributed by atoms with Crippen molar-refractivity contribution >= 4 is 33.3 Å². The van der Waals surface area contributed by atoms with Gasteiger partial charge in [-0.15, -0.1) is 0 Å². The third kappa shape index (κ3) is 3.30. The molecule has 0 saturated heterocycles. The fourth-order valence-electron chi connectivity index (χ4n) is 1.39. The number of Topliss-reactive ketones (excluding diaryl/α,β-unsaturated/α-hetero) is 1. The highest BCUT2D eigenvalue weighted by molar-refractivity contribution is 9.10. The molecular formula is C12H14BrClO2. The van der Waals surface area contributed by atoms with E-state index in [0.717, 1.165) is 4.47 Å². The second-order valence-corrected chi connectivity index (χ2v) is 4.88. The van der Waals surface area contributed by atoms with Crippen LogP contribution in [0.2, 0.25) is 5.02 Å². The van der Waals surface area contributed by atoms with Gasteiger partial charge in [-0.2, -0.15) is 0 Å². The molecule has 0 amide bonds. The second kappa shape index (κ2) is 6.38. The summed E-state index contributed by atoms with van der Waals surface area (Å²) >= 11 is 9.37. The lowest BCUT2D eigenvalue weighted by molar-refractivity contribution is 0.0894. The lowest BCUT2D eigenvalue weighted by atomic mass is 9.97. The quantitative estimate of drug-likeness (QED) is 0.770. The Kier molecular flexibility index (Phi) is 5.46. The molecule has 0 aliphatic heterocycles. The van der Waals surface area contributed by atoms with Gasteiger partial charge in [0.05, 0.1) is 5.02 Å². The minimum Gasteiger partial charge on any atom is -0.385 e. The molecule has 1 unspecified atom stereocenters. The van der Waals surface area contributed by atoms with Crippen molar-refractivity contribution in [1.29, 1.82) is 0 Å². The first-order valence-electron chi connectivity index (χ1n) is 5.05. The first kappa shape index (κ1) is 13.7. The zero-order valence-corrected chi connectivity index (χ0v) is 11.6. The molecule has 0 fully saturated rings. The number of hydrogen-bond acceptors (Lipinski definition) is 2. The molecule has 0 aliphatic carbocycles. The lowest BCUT2D eigenvalue weighted by Crippen LogP contribution is -2.14. The van der Waals surface area contributed by atoms with Gasteiger partial charge in [0.2, 0.25) is 0 Å². The molecule has 0 N–H and O–H groups in total. The van der Waals surface area contributed by atoms with Gasteiger partial charge in [-0.3, -0.25) is 4.79 Å². The number of methoxy groups -OCH3 is 1. The highest BCUT2D eigenvalue weighted by Gasteiger charge is 2.18. The van der Waals surface area contributed by atoms with Gasteiger partial charge in [0.1, 0.15) is 0 Å². The molecule has 0 bridgehead atoms. The highest BCUT2D eigenvalue weighted by Crippen LogP contribution is 2.28. The van der Waals surface area contributed by atoms with E-state index < -0.39 is 0 Å². The third-order valence-corrected chi connectivity index (χ3v) is 3.72. The molecule has 0 spiro atoms. The Morgan fingerprint density at radius 2 is 2.25 bits per heavy atom. The molecule has 1 aromatic carbocycles. The fraction of sp³-hybridized carbons (Fsp3) is 0.417. The molecule has 0 saturated carbocycles. The average Bonchev–Trinajstić information content (AvgIpc) is 2.28. The van der Waals surface area contributed by atoms with Crippen LogP contribution in [0.5, 0.6) is 0 Å². The molecule has 1 aromatic rings. The monoisotopic (exact) mass is 304 g/mol. The third-order valence-electron chi connectivity index (χ3n) is 2.42.